The molecule has 0 bridgehead atoms. The maximum Gasteiger partial charge on any atom is 0.272 e. The van der Waals surface area contributed by atoms with E-state index in [9.17, 15) is 9.18 Å². The summed E-state index contributed by atoms with van der Waals surface area (Å²) in [6, 6.07) is 11.3. The van der Waals surface area contributed by atoms with Gasteiger partial charge in [0.1, 0.15) is 11.5 Å². The lowest BCUT2D eigenvalue weighted by Gasteiger charge is -2.05. The number of anilines is 1. The molecule has 0 aliphatic heterocycles. The molecule has 1 amide bonds. The van der Waals surface area contributed by atoms with Crippen LogP contribution in [0.15, 0.2) is 42.5 Å². The van der Waals surface area contributed by atoms with Gasteiger partial charge < -0.3 is 10.3 Å². The first-order chi connectivity index (χ1) is 10.0. The SMILES string of the molecule is Cc1ccc(NC(=O)c2cc3ccc(F)cc3[nH]2)cc1Cl. The van der Waals surface area contributed by atoms with Gasteiger partial charge in [-0.15, -0.1) is 0 Å². The largest absolute Gasteiger partial charge is 0.350 e. The van der Waals surface area contributed by atoms with E-state index in [1.54, 1.807) is 24.3 Å². The Balaban J connectivity index is 1.87. The Bertz CT molecular complexity index is 841. The first-order valence-electron chi connectivity index (χ1n) is 6.39. The van der Waals surface area contributed by atoms with Crippen molar-refractivity contribution in [2.75, 3.05) is 5.32 Å². The number of rotatable bonds is 2. The molecule has 2 aromatic carbocycles. The van der Waals surface area contributed by atoms with Crippen molar-refractivity contribution in [1.29, 1.82) is 0 Å². The van der Waals surface area contributed by atoms with E-state index in [2.05, 4.69) is 10.3 Å². The van der Waals surface area contributed by atoms with Crippen LogP contribution in [-0.2, 0) is 0 Å². The molecule has 3 aromatic rings. The fourth-order valence-electron chi connectivity index (χ4n) is 2.09. The maximum atomic E-state index is 13.1. The van der Waals surface area contributed by atoms with E-state index in [-0.39, 0.29) is 11.7 Å². The van der Waals surface area contributed by atoms with Gasteiger partial charge >= 0.3 is 0 Å². The summed E-state index contributed by atoms with van der Waals surface area (Å²) in [6.45, 7) is 1.89. The van der Waals surface area contributed by atoms with E-state index < -0.39 is 0 Å². The summed E-state index contributed by atoms with van der Waals surface area (Å²) in [6.07, 6.45) is 0. The monoisotopic (exact) mass is 302 g/mol. The maximum absolute atomic E-state index is 13.1. The molecular weight excluding hydrogens is 291 g/mol. The summed E-state index contributed by atoms with van der Waals surface area (Å²) in [5, 5.41) is 4.12. The van der Waals surface area contributed by atoms with Gasteiger partial charge in [0, 0.05) is 21.6 Å². The molecule has 5 heteroatoms. The van der Waals surface area contributed by atoms with Crippen LogP contribution < -0.4 is 5.32 Å². The number of carbonyl (C=O) groups excluding carboxylic acids is 1. The normalized spacial score (nSPS) is 10.8. The van der Waals surface area contributed by atoms with Crippen LogP contribution >= 0.6 is 11.6 Å². The van der Waals surface area contributed by atoms with Gasteiger partial charge in [-0.3, -0.25) is 4.79 Å². The molecule has 1 aromatic heterocycles. The summed E-state index contributed by atoms with van der Waals surface area (Å²) >= 11 is 6.02. The summed E-state index contributed by atoms with van der Waals surface area (Å²) < 4.78 is 13.1. The standard InChI is InChI=1S/C16H12ClFN2O/c1-9-2-5-12(8-13(9)17)19-16(21)15-6-10-3-4-11(18)7-14(10)20-15/h2-8,20H,1H3,(H,19,21). The lowest BCUT2D eigenvalue weighted by molar-refractivity contribution is 0.102. The Labute approximate surface area is 125 Å². The van der Waals surface area contributed by atoms with E-state index in [0.29, 0.717) is 21.9 Å². The quantitative estimate of drug-likeness (QED) is 0.718. The number of carbonyl (C=O) groups is 1. The number of aryl methyl sites for hydroxylation is 1. The lowest BCUT2D eigenvalue weighted by Crippen LogP contribution is -2.12. The molecule has 2 N–H and O–H groups in total. The van der Waals surface area contributed by atoms with Crippen LogP contribution in [0, 0.1) is 12.7 Å². The van der Waals surface area contributed by atoms with Gasteiger partial charge in [-0.1, -0.05) is 17.7 Å². The van der Waals surface area contributed by atoms with Gasteiger partial charge in [-0.25, -0.2) is 4.39 Å². The van der Waals surface area contributed by atoms with Crippen LogP contribution in [0.2, 0.25) is 5.02 Å². The number of hydrogen-bond acceptors (Lipinski definition) is 1. The Hall–Kier alpha value is -2.33. The minimum atomic E-state index is -0.346. The molecule has 106 valence electrons. The molecule has 3 nitrogen and oxygen atoms in total. The number of nitrogens with one attached hydrogen (secondary N) is 2. The topological polar surface area (TPSA) is 44.9 Å². The average molecular weight is 303 g/mol. The van der Waals surface area contributed by atoms with E-state index in [4.69, 9.17) is 11.6 Å². The predicted molar refractivity (Wildman–Crippen MR) is 82.4 cm³/mol. The van der Waals surface area contributed by atoms with Crippen LogP contribution in [0.25, 0.3) is 10.9 Å². The van der Waals surface area contributed by atoms with E-state index in [1.807, 2.05) is 13.0 Å². The minimum Gasteiger partial charge on any atom is -0.350 e. The molecule has 0 saturated heterocycles. The van der Waals surface area contributed by atoms with Crippen molar-refractivity contribution in [1.82, 2.24) is 4.98 Å². The van der Waals surface area contributed by atoms with Crippen LogP contribution in [0.3, 0.4) is 0 Å². The fourth-order valence-corrected chi connectivity index (χ4v) is 2.27. The Morgan fingerprint density at radius 2 is 2.00 bits per heavy atom. The highest BCUT2D eigenvalue weighted by Crippen LogP contribution is 2.21. The smallest absolute Gasteiger partial charge is 0.272 e. The molecule has 21 heavy (non-hydrogen) atoms. The van der Waals surface area contributed by atoms with E-state index in [0.717, 1.165) is 10.9 Å². The first kappa shape index (κ1) is 13.6. The van der Waals surface area contributed by atoms with Crippen molar-refractivity contribution in [3.05, 3.63) is 64.6 Å². The second kappa shape index (κ2) is 5.22. The second-order valence-electron chi connectivity index (χ2n) is 4.83. The van der Waals surface area contributed by atoms with Crippen LogP contribution in [0.5, 0.6) is 0 Å². The van der Waals surface area contributed by atoms with Crippen LogP contribution in [0.4, 0.5) is 10.1 Å². The van der Waals surface area contributed by atoms with Crippen LogP contribution in [0.1, 0.15) is 16.1 Å². The fraction of sp³-hybridized carbons (Fsp3) is 0.0625. The number of amides is 1. The second-order valence-corrected chi connectivity index (χ2v) is 5.24. The molecule has 1 heterocycles. The molecule has 0 aliphatic carbocycles. The van der Waals surface area contributed by atoms with Gasteiger partial charge in [0.2, 0.25) is 0 Å². The molecule has 0 fully saturated rings. The zero-order chi connectivity index (χ0) is 15.0. The lowest BCUT2D eigenvalue weighted by atomic mass is 10.2. The van der Waals surface area contributed by atoms with Crippen molar-refractivity contribution >= 4 is 34.1 Å². The first-order valence-corrected chi connectivity index (χ1v) is 6.76. The number of aromatic nitrogens is 1. The highest BCUT2D eigenvalue weighted by molar-refractivity contribution is 6.31. The summed E-state index contributed by atoms with van der Waals surface area (Å²) in [7, 11) is 0. The highest BCUT2D eigenvalue weighted by atomic mass is 35.5. The molecule has 0 saturated carbocycles. The van der Waals surface area contributed by atoms with Crippen molar-refractivity contribution in [2.45, 2.75) is 6.92 Å². The molecule has 0 radical (unpaired) electrons. The third-order valence-corrected chi connectivity index (χ3v) is 3.67. The number of aromatic amines is 1. The average Bonchev–Trinajstić information content (AvgIpc) is 2.86. The summed E-state index contributed by atoms with van der Waals surface area (Å²) in [5.74, 6) is -0.645. The molecule has 0 unspecified atom stereocenters. The molecule has 0 spiro atoms. The predicted octanol–water partition coefficient (Wildman–Crippen LogP) is 4.52. The third-order valence-electron chi connectivity index (χ3n) is 3.26. The number of benzene rings is 2. The van der Waals surface area contributed by atoms with Crippen molar-refractivity contribution in [2.24, 2.45) is 0 Å². The third kappa shape index (κ3) is 2.76. The zero-order valence-corrected chi connectivity index (χ0v) is 12.0. The Morgan fingerprint density at radius 3 is 2.76 bits per heavy atom. The summed E-state index contributed by atoms with van der Waals surface area (Å²) in [5.41, 5.74) is 2.51. The van der Waals surface area contributed by atoms with Gasteiger partial charge in [-0.05, 0) is 48.9 Å². The number of hydrogen-bond donors (Lipinski definition) is 2. The molecule has 3 rings (SSSR count). The number of H-pyrrole nitrogens is 1. The molecular formula is C16H12ClFN2O. The van der Waals surface area contributed by atoms with Crippen molar-refractivity contribution < 1.29 is 9.18 Å². The van der Waals surface area contributed by atoms with Gasteiger partial charge in [0.05, 0.1) is 0 Å². The number of fused-ring (bicyclic) bond motifs is 1. The van der Waals surface area contributed by atoms with E-state index >= 15 is 0 Å². The summed E-state index contributed by atoms with van der Waals surface area (Å²) in [4.78, 5) is 15.1. The van der Waals surface area contributed by atoms with Gasteiger partial charge in [0.25, 0.3) is 5.91 Å². The number of halogens is 2. The van der Waals surface area contributed by atoms with Crippen molar-refractivity contribution in [3.8, 4) is 0 Å². The molecule has 0 atom stereocenters. The molecule has 0 aliphatic rings. The zero-order valence-electron chi connectivity index (χ0n) is 11.2. The van der Waals surface area contributed by atoms with Gasteiger partial charge in [0.15, 0.2) is 0 Å². The Morgan fingerprint density at radius 1 is 1.19 bits per heavy atom. The highest BCUT2D eigenvalue weighted by Gasteiger charge is 2.10. The van der Waals surface area contributed by atoms with Gasteiger partial charge in [-0.2, -0.15) is 0 Å². The Kier molecular flexibility index (Phi) is 3.39. The van der Waals surface area contributed by atoms with Crippen LogP contribution in [-0.4, -0.2) is 10.9 Å². The van der Waals surface area contributed by atoms with E-state index in [1.165, 1.54) is 12.1 Å². The minimum absolute atomic E-state index is 0.300. The van der Waals surface area contributed by atoms with Crippen molar-refractivity contribution in [3.63, 3.8) is 0 Å².